The van der Waals surface area contributed by atoms with Crippen LogP contribution in [0.25, 0.3) is 0 Å². The maximum atomic E-state index is 13.1. The number of carbonyl (C=O) groups excluding carboxylic acids is 1. The van der Waals surface area contributed by atoms with Gasteiger partial charge < -0.3 is 18.9 Å². The summed E-state index contributed by atoms with van der Waals surface area (Å²) in [5, 5.41) is 8.16. The number of hydrogen-bond donors (Lipinski definition) is 0. The number of benzene rings is 1. The van der Waals surface area contributed by atoms with Crippen molar-refractivity contribution in [1.29, 1.82) is 0 Å². The van der Waals surface area contributed by atoms with E-state index in [1.54, 1.807) is 31.6 Å². The van der Waals surface area contributed by atoms with Crippen LogP contribution >= 0.6 is 0 Å². The molecule has 158 valence electrons. The highest BCUT2D eigenvalue weighted by Gasteiger charge is 2.26. The number of carbonyl (C=O) groups is 1. The van der Waals surface area contributed by atoms with Crippen LogP contribution in [0, 0.1) is 13.8 Å². The van der Waals surface area contributed by atoms with Crippen LogP contribution in [0.1, 0.15) is 46.3 Å². The first-order valence-electron chi connectivity index (χ1n) is 9.92. The Kier molecular flexibility index (Phi) is 5.69. The first kappa shape index (κ1) is 19.9. The van der Waals surface area contributed by atoms with Gasteiger partial charge in [-0.25, -0.2) is 9.67 Å². The third-order valence-electron chi connectivity index (χ3n) is 5.46. The molecule has 1 aliphatic rings. The van der Waals surface area contributed by atoms with Gasteiger partial charge in [0, 0.05) is 18.7 Å². The number of amides is 1. The van der Waals surface area contributed by atoms with E-state index < -0.39 is 0 Å². The lowest BCUT2D eigenvalue weighted by molar-refractivity contribution is 0.0672. The summed E-state index contributed by atoms with van der Waals surface area (Å²) in [7, 11) is 1.56. The van der Waals surface area contributed by atoms with E-state index >= 15 is 0 Å². The lowest BCUT2D eigenvalue weighted by Gasteiger charge is -2.32. The number of rotatable bonds is 6. The van der Waals surface area contributed by atoms with E-state index in [1.807, 2.05) is 23.4 Å². The minimum absolute atomic E-state index is 0.0320. The Hall–Kier alpha value is -3.36. The molecule has 30 heavy (non-hydrogen) atoms. The SMILES string of the molecule is COc1cc(C(=O)N2CCCC(n3cncn3)C2)ccc1OCc1c(C)noc1C. The third-order valence-corrected chi connectivity index (χ3v) is 5.46. The molecule has 0 bridgehead atoms. The number of methoxy groups -OCH3 is 1. The zero-order valence-electron chi connectivity index (χ0n) is 17.4. The molecule has 3 heterocycles. The van der Waals surface area contributed by atoms with Crippen LogP contribution in [0.2, 0.25) is 0 Å². The monoisotopic (exact) mass is 411 g/mol. The number of likely N-dealkylation sites (tertiary alicyclic amines) is 1. The van der Waals surface area contributed by atoms with Crippen LogP contribution in [-0.2, 0) is 6.61 Å². The fourth-order valence-corrected chi connectivity index (χ4v) is 3.72. The van der Waals surface area contributed by atoms with E-state index in [0.29, 0.717) is 30.2 Å². The second kappa shape index (κ2) is 8.56. The average molecular weight is 411 g/mol. The van der Waals surface area contributed by atoms with Gasteiger partial charge in [-0.1, -0.05) is 5.16 Å². The van der Waals surface area contributed by atoms with Crippen molar-refractivity contribution in [3.63, 3.8) is 0 Å². The summed E-state index contributed by atoms with van der Waals surface area (Å²) in [5.41, 5.74) is 2.27. The van der Waals surface area contributed by atoms with Crippen LogP contribution < -0.4 is 9.47 Å². The van der Waals surface area contributed by atoms with Crippen molar-refractivity contribution in [2.75, 3.05) is 20.2 Å². The largest absolute Gasteiger partial charge is 0.493 e. The lowest BCUT2D eigenvalue weighted by atomic mass is 10.0. The molecular weight excluding hydrogens is 386 g/mol. The smallest absolute Gasteiger partial charge is 0.254 e. The first-order valence-corrected chi connectivity index (χ1v) is 9.92. The molecule has 0 aliphatic carbocycles. The van der Waals surface area contributed by atoms with Gasteiger partial charge in [-0.2, -0.15) is 5.10 Å². The molecule has 9 nitrogen and oxygen atoms in total. The minimum atomic E-state index is -0.0320. The topological polar surface area (TPSA) is 95.5 Å². The Morgan fingerprint density at radius 2 is 2.17 bits per heavy atom. The molecule has 2 aromatic heterocycles. The van der Waals surface area contributed by atoms with Crippen molar-refractivity contribution in [2.45, 2.75) is 39.3 Å². The first-order chi connectivity index (χ1) is 14.6. The fourth-order valence-electron chi connectivity index (χ4n) is 3.72. The second-order valence-corrected chi connectivity index (χ2v) is 7.38. The van der Waals surface area contributed by atoms with Gasteiger partial charge in [0.25, 0.3) is 5.91 Å². The maximum absolute atomic E-state index is 13.1. The quantitative estimate of drug-likeness (QED) is 0.615. The van der Waals surface area contributed by atoms with Gasteiger partial charge >= 0.3 is 0 Å². The predicted molar refractivity (Wildman–Crippen MR) is 107 cm³/mol. The minimum Gasteiger partial charge on any atom is -0.493 e. The molecule has 1 aliphatic heterocycles. The average Bonchev–Trinajstić information content (AvgIpc) is 3.42. The van der Waals surface area contributed by atoms with Crippen molar-refractivity contribution >= 4 is 5.91 Å². The Balaban J connectivity index is 1.47. The van der Waals surface area contributed by atoms with Crippen LogP contribution in [0.4, 0.5) is 0 Å². The number of aryl methyl sites for hydroxylation is 2. The number of ether oxygens (including phenoxy) is 2. The molecule has 0 spiro atoms. The number of piperidine rings is 1. The van der Waals surface area contributed by atoms with Gasteiger partial charge in [-0.05, 0) is 44.9 Å². The van der Waals surface area contributed by atoms with Gasteiger partial charge in [-0.3, -0.25) is 4.79 Å². The zero-order chi connectivity index (χ0) is 21.1. The zero-order valence-corrected chi connectivity index (χ0v) is 17.4. The van der Waals surface area contributed by atoms with Crippen molar-refractivity contribution in [3.05, 3.63) is 53.4 Å². The van der Waals surface area contributed by atoms with E-state index in [9.17, 15) is 4.79 Å². The maximum Gasteiger partial charge on any atom is 0.254 e. The summed E-state index contributed by atoms with van der Waals surface area (Å²) < 4.78 is 18.4. The molecule has 9 heteroatoms. The van der Waals surface area contributed by atoms with Gasteiger partial charge in [0.15, 0.2) is 11.5 Å². The van der Waals surface area contributed by atoms with Crippen molar-refractivity contribution < 1.29 is 18.8 Å². The molecule has 0 N–H and O–H groups in total. The molecule has 0 radical (unpaired) electrons. The molecule has 0 saturated carbocycles. The van der Waals surface area contributed by atoms with E-state index in [-0.39, 0.29) is 11.9 Å². The standard InChI is InChI=1S/C21H25N5O4/c1-14-18(15(2)30-24-14)11-29-19-7-6-16(9-20(19)28-3)21(27)25-8-4-5-17(10-25)26-13-22-12-23-26/h6-7,9,12-13,17H,4-5,8,10-11H2,1-3H3. The highest BCUT2D eigenvalue weighted by atomic mass is 16.5. The number of nitrogens with zero attached hydrogens (tertiary/aromatic N) is 5. The molecule has 1 fully saturated rings. The third kappa shape index (κ3) is 4.00. The second-order valence-electron chi connectivity index (χ2n) is 7.38. The highest BCUT2D eigenvalue weighted by molar-refractivity contribution is 5.95. The predicted octanol–water partition coefficient (Wildman–Crippen LogP) is 2.95. The molecule has 4 rings (SSSR count). The van der Waals surface area contributed by atoms with Crippen LogP contribution in [0.5, 0.6) is 11.5 Å². The van der Waals surface area contributed by atoms with Crippen LogP contribution in [0.15, 0.2) is 35.4 Å². The molecule has 1 saturated heterocycles. The molecule has 1 aromatic carbocycles. The molecular formula is C21H25N5O4. The fraction of sp³-hybridized carbons (Fsp3) is 0.429. The van der Waals surface area contributed by atoms with E-state index in [1.165, 1.54) is 6.33 Å². The summed E-state index contributed by atoms with van der Waals surface area (Å²) in [6, 6.07) is 5.41. The normalized spacial score (nSPS) is 16.5. The van der Waals surface area contributed by atoms with Crippen LogP contribution in [-0.4, -0.2) is 50.9 Å². The Morgan fingerprint density at radius 3 is 2.87 bits per heavy atom. The molecule has 1 unspecified atom stereocenters. The molecule has 1 atom stereocenters. The van der Waals surface area contributed by atoms with Crippen molar-refractivity contribution in [2.24, 2.45) is 0 Å². The summed E-state index contributed by atoms with van der Waals surface area (Å²) in [4.78, 5) is 19.0. The van der Waals surface area contributed by atoms with E-state index in [0.717, 1.165) is 36.4 Å². The summed E-state index contributed by atoms with van der Waals surface area (Å²) in [6.07, 6.45) is 5.12. The summed E-state index contributed by atoms with van der Waals surface area (Å²) >= 11 is 0. The van der Waals surface area contributed by atoms with Gasteiger partial charge in [0.2, 0.25) is 0 Å². The number of hydrogen-bond acceptors (Lipinski definition) is 7. The van der Waals surface area contributed by atoms with Gasteiger partial charge in [0.1, 0.15) is 25.0 Å². The Labute approximate surface area is 174 Å². The molecule has 3 aromatic rings. The summed E-state index contributed by atoms with van der Waals surface area (Å²) in [5.74, 6) is 1.77. The van der Waals surface area contributed by atoms with Gasteiger partial charge in [-0.15, -0.1) is 0 Å². The number of aromatic nitrogens is 4. The summed E-state index contributed by atoms with van der Waals surface area (Å²) in [6.45, 7) is 5.37. The van der Waals surface area contributed by atoms with E-state index in [4.69, 9.17) is 14.0 Å². The van der Waals surface area contributed by atoms with Crippen molar-refractivity contribution in [1.82, 2.24) is 24.8 Å². The van der Waals surface area contributed by atoms with Crippen molar-refractivity contribution in [3.8, 4) is 11.5 Å². The lowest BCUT2D eigenvalue weighted by Crippen LogP contribution is -2.40. The highest BCUT2D eigenvalue weighted by Crippen LogP contribution is 2.31. The Bertz CT molecular complexity index is 995. The van der Waals surface area contributed by atoms with E-state index in [2.05, 4.69) is 15.2 Å². The Morgan fingerprint density at radius 1 is 1.30 bits per heavy atom. The van der Waals surface area contributed by atoms with Gasteiger partial charge in [0.05, 0.1) is 24.4 Å². The molecule has 1 amide bonds. The van der Waals surface area contributed by atoms with Crippen LogP contribution in [0.3, 0.4) is 0 Å².